The van der Waals surface area contributed by atoms with E-state index in [9.17, 15) is 19.6 Å². The van der Waals surface area contributed by atoms with Crippen LogP contribution in [0.5, 0.6) is 0 Å². The number of hydroxylamine groups is 2. The Kier molecular flexibility index (Phi) is 8.33. The number of nitrogens with zero attached hydrogens (tertiary/aromatic N) is 3. The number of anilines is 1. The Hall–Kier alpha value is -3.26. The van der Waals surface area contributed by atoms with Crippen LogP contribution in [0.15, 0.2) is 48.7 Å². The highest BCUT2D eigenvalue weighted by molar-refractivity contribution is 5.97. The first kappa shape index (κ1) is 23.4. The molecular formula is C24H30N4O4. The van der Waals surface area contributed by atoms with Gasteiger partial charge in [0.25, 0.3) is 0 Å². The molecule has 8 nitrogen and oxygen atoms in total. The van der Waals surface area contributed by atoms with Gasteiger partial charge in [0.1, 0.15) is 11.9 Å². The van der Waals surface area contributed by atoms with Crippen molar-refractivity contribution in [3.8, 4) is 11.1 Å². The zero-order valence-electron chi connectivity index (χ0n) is 18.3. The van der Waals surface area contributed by atoms with Crippen LogP contribution < -0.4 is 5.32 Å². The van der Waals surface area contributed by atoms with Gasteiger partial charge in [0.2, 0.25) is 18.2 Å². The molecular weight excluding hydrogens is 408 g/mol. The van der Waals surface area contributed by atoms with Crippen LogP contribution in [-0.4, -0.2) is 57.5 Å². The van der Waals surface area contributed by atoms with Crippen LogP contribution in [0.1, 0.15) is 39.0 Å². The van der Waals surface area contributed by atoms with E-state index in [1.54, 1.807) is 11.1 Å². The lowest BCUT2D eigenvalue weighted by Gasteiger charge is -2.29. The fourth-order valence-electron chi connectivity index (χ4n) is 4.07. The summed E-state index contributed by atoms with van der Waals surface area (Å²) >= 11 is 0. The van der Waals surface area contributed by atoms with E-state index >= 15 is 0 Å². The van der Waals surface area contributed by atoms with E-state index in [-0.39, 0.29) is 18.4 Å². The van der Waals surface area contributed by atoms with Gasteiger partial charge in [0, 0.05) is 12.7 Å². The van der Waals surface area contributed by atoms with Crippen LogP contribution >= 0.6 is 0 Å². The lowest BCUT2D eigenvalue weighted by molar-refractivity contribution is -0.157. The molecule has 0 bridgehead atoms. The van der Waals surface area contributed by atoms with Crippen molar-refractivity contribution < 1.29 is 19.6 Å². The van der Waals surface area contributed by atoms with Gasteiger partial charge in [0.05, 0.1) is 12.5 Å². The zero-order valence-corrected chi connectivity index (χ0v) is 18.3. The topological polar surface area (TPSA) is 103 Å². The summed E-state index contributed by atoms with van der Waals surface area (Å²) in [5, 5.41) is 13.0. The molecule has 0 unspecified atom stereocenters. The third-order valence-corrected chi connectivity index (χ3v) is 5.74. The van der Waals surface area contributed by atoms with Gasteiger partial charge in [-0.1, -0.05) is 50.1 Å². The van der Waals surface area contributed by atoms with Crippen molar-refractivity contribution in [3.63, 3.8) is 0 Å². The first-order valence-electron chi connectivity index (χ1n) is 11.1. The van der Waals surface area contributed by atoms with Gasteiger partial charge in [-0.15, -0.1) is 0 Å². The highest BCUT2D eigenvalue weighted by atomic mass is 16.5. The minimum atomic E-state index is -0.600. The second kappa shape index (κ2) is 11.4. The average Bonchev–Trinajstić information content (AvgIpc) is 3.32. The van der Waals surface area contributed by atoms with Gasteiger partial charge >= 0.3 is 0 Å². The Morgan fingerprint density at radius 3 is 2.78 bits per heavy atom. The summed E-state index contributed by atoms with van der Waals surface area (Å²) in [6, 6.07) is 12.9. The molecule has 0 saturated carbocycles. The molecule has 170 valence electrons. The maximum atomic E-state index is 13.2. The van der Waals surface area contributed by atoms with E-state index < -0.39 is 12.0 Å². The molecule has 1 saturated heterocycles. The highest BCUT2D eigenvalue weighted by Gasteiger charge is 2.37. The van der Waals surface area contributed by atoms with Crippen molar-refractivity contribution in [3.05, 3.63) is 48.7 Å². The molecule has 2 atom stereocenters. The molecule has 1 aromatic heterocycles. The number of aromatic nitrogens is 1. The molecule has 3 amide bonds. The average molecular weight is 439 g/mol. The Balaban J connectivity index is 1.70. The highest BCUT2D eigenvalue weighted by Crippen LogP contribution is 2.25. The molecule has 2 heterocycles. The summed E-state index contributed by atoms with van der Waals surface area (Å²) in [6.45, 7) is 2.41. The molecule has 8 heteroatoms. The van der Waals surface area contributed by atoms with Crippen LogP contribution in [0.25, 0.3) is 11.1 Å². The molecule has 0 aliphatic carbocycles. The summed E-state index contributed by atoms with van der Waals surface area (Å²) in [4.78, 5) is 42.9. The maximum absolute atomic E-state index is 13.2. The molecule has 2 aromatic rings. The van der Waals surface area contributed by atoms with E-state index in [0.29, 0.717) is 36.7 Å². The molecule has 32 heavy (non-hydrogen) atoms. The summed E-state index contributed by atoms with van der Waals surface area (Å²) in [5.74, 6) is -0.596. The van der Waals surface area contributed by atoms with Crippen LogP contribution in [0.2, 0.25) is 0 Å². The lowest BCUT2D eigenvalue weighted by atomic mass is 9.99. The summed E-state index contributed by atoms with van der Waals surface area (Å²) in [6.07, 6.45) is 5.46. The van der Waals surface area contributed by atoms with Crippen LogP contribution in [-0.2, 0) is 14.4 Å². The molecule has 1 aliphatic rings. The van der Waals surface area contributed by atoms with Gasteiger partial charge in [-0.05, 0) is 42.5 Å². The van der Waals surface area contributed by atoms with Gasteiger partial charge < -0.3 is 10.2 Å². The largest absolute Gasteiger partial charge is 0.330 e. The van der Waals surface area contributed by atoms with Crippen LogP contribution in [0.4, 0.5) is 5.82 Å². The van der Waals surface area contributed by atoms with Crippen molar-refractivity contribution in [1.82, 2.24) is 14.9 Å². The first-order valence-corrected chi connectivity index (χ1v) is 11.1. The lowest BCUT2D eigenvalue weighted by Crippen LogP contribution is -2.47. The Labute approximate surface area is 188 Å². The molecule has 2 N–H and O–H groups in total. The third-order valence-electron chi connectivity index (χ3n) is 5.74. The number of hydrogen-bond donors (Lipinski definition) is 2. The third kappa shape index (κ3) is 5.91. The minimum absolute atomic E-state index is 0.0755. The number of pyridine rings is 1. The number of likely N-dealkylation sites (tertiary alicyclic amines) is 1. The second-order valence-electron chi connectivity index (χ2n) is 8.04. The van der Waals surface area contributed by atoms with E-state index in [4.69, 9.17) is 0 Å². The van der Waals surface area contributed by atoms with Crippen molar-refractivity contribution in [2.45, 2.75) is 45.1 Å². The molecule has 3 rings (SSSR count). The van der Waals surface area contributed by atoms with Gasteiger partial charge in [0.15, 0.2) is 0 Å². The number of carbonyl (C=O) groups excluding carboxylic acids is 3. The van der Waals surface area contributed by atoms with Gasteiger partial charge in [-0.25, -0.2) is 10.0 Å². The summed E-state index contributed by atoms with van der Waals surface area (Å²) in [5.41, 5.74) is 1.96. The molecule has 0 spiro atoms. The van der Waals surface area contributed by atoms with Crippen molar-refractivity contribution in [1.29, 1.82) is 0 Å². The predicted octanol–water partition coefficient (Wildman–Crippen LogP) is 3.33. The minimum Gasteiger partial charge on any atom is -0.330 e. The number of carbonyl (C=O) groups is 3. The molecule has 1 aliphatic heterocycles. The Morgan fingerprint density at radius 1 is 1.28 bits per heavy atom. The fraction of sp³-hybridized carbons (Fsp3) is 0.417. The SMILES string of the molecule is CCCC[C@H](CN(O)C=O)C(=O)N1CCC[C@H]1C(=O)Nc1cc(-c2ccccc2)ccn1. The number of benzene rings is 1. The smallest absolute Gasteiger partial charge is 0.248 e. The standard InChI is InChI=1S/C24H30N4O4/c1-2-3-8-20(16-27(32)17-29)24(31)28-14-7-11-21(28)23(30)26-22-15-19(12-13-25-22)18-9-5-4-6-10-18/h4-6,9-10,12-13,15,17,20-21,32H,2-3,7-8,11,14,16H2,1H3,(H,25,26,30)/t20-,21+/m1/s1. The van der Waals surface area contributed by atoms with Gasteiger partial charge in [-0.2, -0.15) is 0 Å². The normalized spacial score (nSPS) is 16.4. The van der Waals surface area contributed by atoms with Crippen molar-refractivity contribution in [2.24, 2.45) is 5.92 Å². The zero-order chi connectivity index (χ0) is 22.9. The Bertz CT molecular complexity index is 921. The van der Waals surface area contributed by atoms with Crippen LogP contribution in [0.3, 0.4) is 0 Å². The number of nitrogens with one attached hydrogen (secondary N) is 1. The van der Waals surface area contributed by atoms with Crippen molar-refractivity contribution >= 4 is 24.0 Å². The number of rotatable bonds is 10. The van der Waals surface area contributed by atoms with Crippen molar-refractivity contribution in [2.75, 3.05) is 18.4 Å². The van der Waals surface area contributed by atoms with E-state index in [1.807, 2.05) is 49.4 Å². The second-order valence-corrected chi connectivity index (χ2v) is 8.04. The van der Waals surface area contributed by atoms with Gasteiger partial charge in [-0.3, -0.25) is 19.6 Å². The molecule has 1 aromatic carbocycles. The molecule has 0 radical (unpaired) electrons. The van der Waals surface area contributed by atoms with E-state index in [1.165, 1.54) is 0 Å². The number of unbranched alkanes of at least 4 members (excludes halogenated alkanes) is 1. The summed E-state index contributed by atoms with van der Waals surface area (Å²) in [7, 11) is 0. The predicted molar refractivity (Wildman–Crippen MR) is 121 cm³/mol. The monoisotopic (exact) mass is 438 g/mol. The van der Waals surface area contributed by atoms with E-state index in [0.717, 1.165) is 30.4 Å². The van der Waals surface area contributed by atoms with Crippen LogP contribution in [0, 0.1) is 5.92 Å². The number of amides is 3. The maximum Gasteiger partial charge on any atom is 0.248 e. The molecule has 1 fully saturated rings. The first-order chi connectivity index (χ1) is 15.5. The van der Waals surface area contributed by atoms with E-state index in [2.05, 4.69) is 10.3 Å². The fourth-order valence-corrected chi connectivity index (χ4v) is 4.07. The Morgan fingerprint density at radius 2 is 2.06 bits per heavy atom. The summed E-state index contributed by atoms with van der Waals surface area (Å²) < 4.78 is 0. The number of hydrogen-bond acceptors (Lipinski definition) is 5. The quantitative estimate of drug-likeness (QED) is 0.336.